The highest BCUT2D eigenvalue weighted by atomic mass is 32.1. The third kappa shape index (κ3) is 18.7. The molecule has 0 bridgehead atoms. The van der Waals surface area contributed by atoms with E-state index < -0.39 is 27.8 Å². The molecule has 640 valence electrons. The van der Waals surface area contributed by atoms with Gasteiger partial charge in [-0.3, -0.25) is 58.0 Å². The fourth-order valence-corrected chi connectivity index (χ4v) is 19.1. The van der Waals surface area contributed by atoms with Crippen LogP contribution in [0.25, 0.3) is 64.8 Å². The number of thiophene rings is 3. The van der Waals surface area contributed by atoms with Crippen molar-refractivity contribution in [1.29, 1.82) is 0 Å². The molecule has 4 amide bonds. The summed E-state index contributed by atoms with van der Waals surface area (Å²) in [6.07, 6.45) is 10.1. The van der Waals surface area contributed by atoms with Crippen LogP contribution in [-0.4, -0.2) is 295 Å². The van der Waals surface area contributed by atoms with Crippen molar-refractivity contribution in [3.05, 3.63) is 111 Å². The van der Waals surface area contributed by atoms with Gasteiger partial charge in [-0.2, -0.15) is 0 Å². The lowest BCUT2D eigenvalue weighted by molar-refractivity contribution is -0.150. The second-order valence-corrected chi connectivity index (χ2v) is 34.3. The molecule has 7 aliphatic heterocycles. The number of hydrogen-bond donors (Lipinski definition) is 4. The maximum Gasteiger partial charge on any atom is 0.272 e. The van der Waals surface area contributed by atoms with Crippen molar-refractivity contribution in [3.8, 4) is 45.7 Å². The number of imide groups is 1. The quantitative estimate of drug-likeness (QED) is 0.0751. The maximum absolute atomic E-state index is 13.1. The molecular weight excluding hydrogens is 1630 g/mol. The Hall–Kier alpha value is -11.6. The van der Waals surface area contributed by atoms with Crippen molar-refractivity contribution in [3.63, 3.8) is 0 Å². The minimum atomic E-state index is -0.669. The van der Waals surface area contributed by atoms with Crippen LogP contribution in [0.15, 0.2) is 74.6 Å². The van der Waals surface area contributed by atoms with Crippen LogP contribution < -0.4 is 73.3 Å². The molecule has 1 atom stereocenters. The molecule has 7 saturated heterocycles. The number of nitrogen functional groups attached to an aromatic ring is 3. The first-order valence-corrected chi connectivity index (χ1v) is 43.1. The van der Waals surface area contributed by atoms with Crippen molar-refractivity contribution >= 4 is 135 Å². The minimum absolute atomic E-state index is 0.0105. The van der Waals surface area contributed by atoms with E-state index >= 15 is 0 Å². The molecule has 7 fully saturated rings. The number of piperazine rings is 3. The first-order chi connectivity index (χ1) is 59.0. The zero-order valence-electron chi connectivity index (χ0n) is 68.2. The zero-order valence-corrected chi connectivity index (χ0v) is 70.7. The highest BCUT2D eigenvalue weighted by Gasteiger charge is 2.42. The topological polar surface area (TPSA) is 460 Å². The Morgan fingerprint density at radius 1 is 0.459 bits per heavy atom. The summed E-state index contributed by atoms with van der Waals surface area (Å²) < 4.78 is 30.8. The largest absolute Gasteiger partial charge is 0.485 e. The molecule has 18 rings (SSSR count). The Morgan fingerprint density at radius 2 is 0.820 bits per heavy atom. The molecule has 7 aliphatic rings. The predicted molar refractivity (Wildman–Crippen MR) is 462 cm³/mol. The normalized spacial score (nSPS) is 17.9. The summed E-state index contributed by atoms with van der Waals surface area (Å²) in [7, 11) is 0. The van der Waals surface area contributed by atoms with E-state index in [2.05, 4.69) is 82.8 Å². The van der Waals surface area contributed by atoms with Crippen LogP contribution in [0.3, 0.4) is 0 Å². The summed E-state index contributed by atoms with van der Waals surface area (Å²) in [4.78, 5) is 176. The number of morpholine rings is 3. The third-order valence-corrected chi connectivity index (χ3v) is 25.2. The number of nitrogens with zero attached hydrogens (tertiary/aromatic N) is 22. The van der Waals surface area contributed by atoms with E-state index in [0.717, 1.165) is 135 Å². The van der Waals surface area contributed by atoms with Gasteiger partial charge in [-0.25, -0.2) is 59.8 Å². The lowest BCUT2D eigenvalue weighted by Crippen LogP contribution is -2.54. The van der Waals surface area contributed by atoms with Gasteiger partial charge in [0.05, 0.1) is 106 Å². The number of aromatic nitrogens is 12. The van der Waals surface area contributed by atoms with Crippen LogP contribution in [0.5, 0.6) is 11.5 Å². The van der Waals surface area contributed by atoms with E-state index in [1.165, 1.54) is 11.8 Å². The number of anilines is 8. The smallest absolute Gasteiger partial charge is 0.272 e. The molecule has 11 aromatic rings. The third-order valence-electron chi connectivity index (χ3n) is 21.8. The fourth-order valence-electron chi connectivity index (χ4n) is 15.6. The average molecular weight is 1720 g/mol. The van der Waals surface area contributed by atoms with E-state index in [-0.39, 0.29) is 83.8 Å². The lowest BCUT2D eigenvalue weighted by atomic mass is 10.1. The Bertz CT molecular complexity index is 5780. The van der Waals surface area contributed by atoms with Gasteiger partial charge in [-0.15, -0.1) is 34.0 Å². The van der Waals surface area contributed by atoms with E-state index in [0.29, 0.717) is 151 Å². The van der Waals surface area contributed by atoms with Crippen LogP contribution >= 0.6 is 34.0 Å². The van der Waals surface area contributed by atoms with Gasteiger partial charge in [0.25, 0.3) is 21.7 Å². The second-order valence-electron chi connectivity index (χ2n) is 30.9. The Balaban J connectivity index is 0.000000136. The van der Waals surface area contributed by atoms with E-state index in [1.54, 1.807) is 94.8 Å². The molecule has 122 heavy (non-hydrogen) atoms. The van der Waals surface area contributed by atoms with Crippen molar-refractivity contribution in [2.24, 2.45) is 0 Å². The molecule has 0 aliphatic carbocycles. The molecule has 9 aromatic heterocycles. The summed E-state index contributed by atoms with van der Waals surface area (Å²) in [6, 6.07) is 5.68. The van der Waals surface area contributed by atoms with Crippen LogP contribution in [0.4, 0.5) is 46.7 Å². The van der Waals surface area contributed by atoms with Gasteiger partial charge < -0.3 is 75.6 Å². The number of hydrogen-bond acceptors (Lipinski definition) is 39. The predicted octanol–water partition coefficient (Wildman–Crippen LogP) is 2.73. The molecular formula is C80H94N26O13S3. The molecule has 7 N–H and O–H groups in total. The van der Waals surface area contributed by atoms with Gasteiger partial charge in [-0.05, 0) is 52.3 Å². The second kappa shape index (κ2) is 37.0. The summed E-state index contributed by atoms with van der Waals surface area (Å²) in [5.41, 5.74) is 20.0. The van der Waals surface area contributed by atoms with Crippen LogP contribution in [0, 0.1) is 0 Å². The number of fused-ring (bicyclic) bond motifs is 3. The molecule has 16 heterocycles. The van der Waals surface area contributed by atoms with E-state index in [4.69, 9.17) is 70.8 Å². The molecule has 39 nitrogen and oxygen atoms in total. The van der Waals surface area contributed by atoms with Gasteiger partial charge in [0.2, 0.25) is 41.5 Å². The van der Waals surface area contributed by atoms with Crippen molar-refractivity contribution in [1.82, 2.24) is 89.2 Å². The molecule has 0 unspecified atom stereocenters. The molecule has 2 aromatic carbocycles. The van der Waals surface area contributed by atoms with Crippen molar-refractivity contribution in [2.45, 2.75) is 85.3 Å². The van der Waals surface area contributed by atoms with Gasteiger partial charge in [0.1, 0.15) is 17.4 Å². The first kappa shape index (κ1) is 84.0. The van der Waals surface area contributed by atoms with Crippen molar-refractivity contribution in [2.75, 3.05) is 206 Å². The molecule has 0 saturated carbocycles. The Kier molecular flexibility index (Phi) is 25.5. The standard InChI is InChI=1S/C28H33N9O5S.C26H31N9O4S.C26H30N8O4S/c1-16(2)42-24-21(22(39)23(24)40)30-14-20(38)36-5-3-35(4-6-36)15-18-11-19-25(43-18)27(37-7-9-41-10-8-37)34-26(33-19)17-12-31-28(29)32-13-17;1-16(36)35-20(2-3-21(35)37)25(38)34-6-4-32(5-7-34)15-18-12-19-22(40-18)24(33-8-10-39-11-9-33)31-23(30-19)17-13-28-26(27)29-14-17;1-15(2)38-22-19(20(35)21(22)36)33-5-3-32(4-6-33)14-17-11-18-23(39-17)25(34-7-9-37-10-8-34)31-24(30-18)16-12-28-26(27)29-13-16/h11-13,16,30H,3-10,14-15H2,1-2H3,(H2,29,31,32);12-14,20H,2-11,15H2,1H3,(H2,27,28,29);11-13,15H,3-10,14H2,1-2H3,(H2,27,28,29)/t;20-;/m.1./s1. The Morgan fingerprint density at radius 3 is 1.20 bits per heavy atom. The van der Waals surface area contributed by atoms with Crippen LogP contribution in [0.1, 0.15) is 62.1 Å². The summed E-state index contributed by atoms with van der Waals surface area (Å²) in [5.74, 6) is 4.26. The van der Waals surface area contributed by atoms with Gasteiger partial charge in [0.15, 0.2) is 46.4 Å². The van der Waals surface area contributed by atoms with E-state index in [1.807, 2.05) is 18.7 Å². The number of nitrogens with two attached hydrogens (primary N) is 3. The fraction of sp³-hybridized carbons (Fsp3) is 0.475. The molecule has 42 heteroatoms. The van der Waals surface area contributed by atoms with E-state index in [9.17, 15) is 38.4 Å². The van der Waals surface area contributed by atoms with Crippen LogP contribution in [-0.2, 0) is 53.0 Å². The number of ether oxygens (including phenoxy) is 5. The minimum Gasteiger partial charge on any atom is -0.485 e. The number of carbonyl (C=O) groups excluding carboxylic acids is 4. The lowest BCUT2D eigenvalue weighted by Gasteiger charge is -2.36. The number of likely N-dealkylation sites (tertiary alicyclic amines) is 1. The van der Waals surface area contributed by atoms with Crippen LogP contribution in [0.2, 0.25) is 0 Å². The summed E-state index contributed by atoms with van der Waals surface area (Å²) in [6.45, 7) is 27.0. The first-order valence-electron chi connectivity index (χ1n) is 40.7. The zero-order chi connectivity index (χ0) is 85.0. The van der Waals surface area contributed by atoms with Gasteiger partial charge in [-0.1, -0.05) is 0 Å². The number of nitrogens with one attached hydrogen (secondary N) is 1. The average Bonchev–Trinajstić information content (AvgIpc) is 1.12. The highest BCUT2D eigenvalue weighted by Crippen LogP contribution is 2.40. The van der Waals surface area contributed by atoms with Gasteiger partial charge >= 0.3 is 0 Å². The summed E-state index contributed by atoms with van der Waals surface area (Å²) >= 11 is 5.07. The molecule has 0 spiro atoms. The highest BCUT2D eigenvalue weighted by molar-refractivity contribution is 7.20. The summed E-state index contributed by atoms with van der Waals surface area (Å²) in [5, 5.41) is 2.81. The maximum atomic E-state index is 13.1. The number of amides is 4. The number of rotatable bonds is 21. The SMILES string of the molecule is CC(=O)N1C(=O)CC[C@@H]1C(=O)N1CCN(Cc2cc3nc(-c4cnc(N)nc4)nc(N4CCOCC4)c3s2)CC1.CC(C)Oc1c(N2CCN(Cc3cc4nc(-c5cnc(N)nc5)nc(N5CCOCC5)c4s3)CC2)c(=O)c1=O.CC(C)Oc1c(NCC(=O)N2CCN(Cc3cc4nc(-c5cnc(N)nc5)nc(N5CCOCC5)c4s3)CC2)c(=O)c1=O. The molecule has 0 radical (unpaired) electrons. The van der Waals surface area contributed by atoms with Gasteiger partial charge in [0, 0.05) is 203 Å². The monoisotopic (exact) mass is 1720 g/mol. The van der Waals surface area contributed by atoms with Crippen molar-refractivity contribution < 1.29 is 42.9 Å². The number of carbonyl (C=O) groups is 4. The Labute approximate surface area is 711 Å².